The van der Waals surface area contributed by atoms with Gasteiger partial charge in [-0.3, -0.25) is 4.79 Å². The predicted molar refractivity (Wildman–Crippen MR) is 73.7 cm³/mol. The Bertz CT molecular complexity index is 485. The molecule has 1 aromatic carbocycles. The van der Waals surface area contributed by atoms with Crippen LogP contribution in [0.4, 0.5) is 0 Å². The van der Waals surface area contributed by atoms with E-state index in [-0.39, 0.29) is 12.0 Å². The number of benzene rings is 1. The van der Waals surface area contributed by atoms with Crippen molar-refractivity contribution < 1.29 is 9.90 Å². The normalized spacial score (nSPS) is 29.6. The van der Waals surface area contributed by atoms with Crippen LogP contribution in [0.1, 0.15) is 24.0 Å². The third kappa shape index (κ3) is 2.39. The van der Waals surface area contributed by atoms with E-state index in [0.717, 1.165) is 31.5 Å². The second-order valence-corrected chi connectivity index (χ2v) is 5.97. The fourth-order valence-corrected chi connectivity index (χ4v) is 3.52. The molecule has 0 spiro atoms. The standard InChI is InChI=1S/C16H21NO2/c1-11-4-2-3-5-12(11)8-16(19)17-9-13-6-7-15(18)14(13)10-17/h2-5,13-15,18H,6-10H2,1H3. The van der Waals surface area contributed by atoms with E-state index in [0.29, 0.717) is 18.3 Å². The summed E-state index contributed by atoms with van der Waals surface area (Å²) < 4.78 is 0. The van der Waals surface area contributed by atoms with E-state index in [1.54, 1.807) is 0 Å². The van der Waals surface area contributed by atoms with Gasteiger partial charge < -0.3 is 10.0 Å². The third-order valence-electron chi connectivity index (χ3n) is 4.77. The van der Waals surface area contributed by atoms with E-state index in [1.165, 1.54) is 5.56 Å². The smallest absolute Gasteiger partial charge is 0.227 e. The lowest BCUT2D eigenvalue weighted by atomic mass is 10.00. The molecule has 3 rings (SSSR count). The van der Waals surface area contributed by atoms with Crippen LogP contribution >= 0.6 is 0 Å². The summed E-state index contributed by atoms with van der Waals surface area (Å²) in [4.78, 5) is 14.3. The summed E-state index contributed by atoms with van der Waals surface area (Å²) in [7, 11) is 0. The monoisotopic (exact) mass is 259 g/mol. The number of fused-ring (bicyclic) bond motifs is 1. The zero-order valence-corrected chi connectivity index (χ0v) is 11.4. The quantitative estimate of drug-likeness (QED) is 0.879. The minimum absolute atomic E-state index is 0.193. The molecule has 3 nitrogen and oxygen atoms in total. The van der Waals surface area contributed by atoms with Gasteiger partial charge in [-0.05, 0) is 36.8 Å². The number of nitrogens with zero attached hydrogens (tertiary/aromatic N) is 1. The van der Waals surface area contributed by atoms with Crippen molar-refractivity contribution in [2.24, 2.45) is 11.8 Å². The highest BCUT2D eigenvalue weighted by molar-refractivity contribution is 5.79. The first-order valence-corrected chi connectivity index (χ1v) is 7.15. The molecule has 102 valence electrons. The van der Waals surface area contributed by atoms with Gasteiger partial charge in [-0.2, -0.15) is 0 Å². The van der Waals surface area contributed by atoms with E-state index in [1.807, 2.05) is 36.1 Å². The number of carbonyl (C=O) groups excluding carboxylic acids is 1. The van der Waals surface area contributed by atoms with Crippen LogP contribution in [0.15, 0.2) is 24.3 Å². The summed E-state index contributed by atoms with van der Waals surface area (Å²) >= 11 is 0. The maximum atomic E-state index is 12.3. The number of aliphatic hydroxyl groups is 1. The average Bonchev–Trinajstić information content (AvgIpc) is 2.95. The Labute approximate surface area is 114 Å². The Balaban J connectivity index is 1.65. The summed E-state index contributed by atoms with van der Waals surface area (Å²) in [5.74, 6) is 1.05. The van der Waals surface area contributed by atoms with Crippen molar-refractivity contribution >= 4 is 5.91 Å². The molecule has 1 aromatic rings. The van der Waals surface area contributed by atoms with Gasteiger partial charge in [0.25, 0.3) is 0 Å². The van der Waals surface area contributed by atoms with Crippen LogP contribution in [0.2, 0.25) is 0 Å². The lowest BCUT2D eigenvalue weighted by Gasteiger charge is -2.19. The highest BCUT2D eigenvalue weighted by Crippen LogP contribution is 2.38. The number of aryl methyl sites for hydroxylation is 1. The lowest BCUT2D eigenvalue weighted by molar-refractivity contribution is -0.129. The molecular formula is C16H21NO2. The van der Waals surface area contributed by atoms with E-state index in [4.69, 9.17) is 0 Å². The van der Waals surface area contributed by atoms with E-state index >= 15 is 0 Å². The Hall–Kier alpha value is -1.35. The van der Waals surface area contributed by atoms with Crippen molar-refractivity contribution in [2.75, 3.05) is 13.1 Å². The summed E-state index contributed by atoms with van der Waals surface area (Å²) in [6.45, 7) is 3.63. The molecule has 1 saturated heterocycles. The Morgan fingerprint density at radius 2 is 2.11 bits per heavy atom. The van der Waals surface area contributed by atoms with E-state index < -0.39 is 0 Å². The Morgan fingerprint density at radius 1 is 1.32 bits per heavy atom. The second-order valence-electron chi connectivity index (χ2n) is 5.97. The molecule has 2 fully saturated rings. The molecule has 2 aliphatic rings. The highest BCUT2D eigenvalue weighted by Gasteiger charge is 2.43. The minimum atomic E-state index is -0.193. The van der Waals surface area contributed by atoms with E-state index in [2.05, 4.69) is 0 Å². The van der Waals surface area contributed by atoms with Gasteiger partial charge in [0.05, 0.1) is 12.5 Å². The minimum Gasteiger partial charge on any atom is -0.393 e. The number of carbonyl (C=O) groups is 1. The number of rotatable bonds is 2. The van der Waals surface area contributed by atoms with Crippen LogP contribution in [0.3, 0.4) is 0 Å². The predicted octanol–water partition coefficient (Wildman–Crippen LogP) is 1.77. The molecular weight excluding hydrogens is 238 g/mol. The molecule has 3 heteroatoms. The molecule has 3 unspecified atom stereocenters. The molecule has 1 aliphatic carbocycles. The first-order chi connectivity index (χ1) is 9.15. The van der Waals surface area contributed by atoms with Gasteiger partial charge in [0.1, 0.15) is 0 Å². The summed E-state index contributed by atoms with van der Waals surface area (Å²) in [5, 5.41) is 9.89. The average molecular weight is 259 g/mol. The molecule has 1 saturated carbocycles. The zero-order valence-electron chi connectivity index (χ0n) is 11.4. The number of aliphatic hydroxyl groups excluding tert-OH is 1. The fourth-order valence-electron chi connectivity index (χ4n) is 3.52. The van der Waals surface area contributed by atoms with Gasteiger partial charge in [-0.25, -0.2) is 0 Å². The lowest BCUT2D eigenvalue weighted by Crippen LogP contribution is -2.32. The van der Waals surface area contributed by atoms with Crippen LogP contribution < -0.4 is 0 Å². The molecule has 19 heavy (non-hydrogen) atoms. The zero-order chi connectivity index (χ0) is 13.4. The molecule has 3 atom stereocenters. The van der Waals surface area contributed by atoms with E-state index in [9.17, 15) is 9.90 Å². The van der Waals surface area contributed by atoms with Crippen molar-refractivity contribution in [3.63, 3.8) is 0 Å². The van der Waals surface area contributed by atoms with Gasteiger partial charge in [-0.1, -0.05) is 24.3 Å². The highest BCUT2D eigenvalue weighted by atomic mass is 16.3. The second kappa shape index (κ2) is 4.97. The molecule has 0 radical (unpaired) electrons. The molecule has 1 amide bonds. The largest absolute Gasteiger partial charge is 0.393 e. The molecule has 1 heterocycles. The fraction of sp³-hybridized carbons (Fsp3) is 0.562. The van der Waals surface area contributed by atoms with Gasteiger partial charge in [0.15, 0.2) is 0 Å². The SMILES string of the molecule is Cc1ccccc1CC(=O)N1CC2CCC(O)C2C1. The van der Waals surface area contributed by atoms with Gasteiger partial charge >= 0.3 is 0 Å². The molecule has 0 aromatic heterocycles. The van der Waals surface area contributed by atoms with Crippen molar-refractivity contribution in [1.29, 1.82) is 0 Å². The first-order valence-electron chi connectivity index (χ1n) is 7.15. The maximum Gasteiger partial charge on any atom is 0.227 e. The topological polar surface area (TPSA) is 40.5 Å². The Kier molecular flexibility index (Phi) is 3.31. The van der Waals surface area contributed by atoms with Gasteiger partial charge in [0.2, 0.25) is 5.91 Å². The van der Waals surface area contributed by atoms with Crippen molar-refractivity contribution in [2.45, 2.75) is 32.3 Å². The van der Waals surface area contributed by atoms with Crippen LogP contribution in [-0.2, 0) is 11.2 Å². The van der Waals surface area contributed by atoms with Crippen molar-refractivity contribution in [3.05, 3.63) is 35.4 Å². The van der Waals surface area contributed by atoms with Crippen LogP contribution in [-0.4, -0.2) is 35.1 Å². The maximum absolute atomic E-state index is 12.3. The summed E-state index contributed by atoms with van der Waals surface area (Å²) in [6.07, 6.45) is 2.28. The number of amides is 1. The Morgan fingerprint density at radius 3 is 2.84 bits per heavy atom. The van der Waals surface area contributed by atoms with Crippen LogP contribution in [0.5, 0.6) is 0 Å². The van der Waals surface area contributed by atoms with Crippen LogP contribution in [0, 0.1) is 18.8 Å². The van der Waals surface area contributed by atoms with Crippen molar-refractivity contribution in [1.82, 2.24) is 4.90 Å². The van der Waals surface area contributed by atoms with Crippen LogP contribution in [0.25, 0.3) is 0 Å². The number of hydrogen-bond donors (Lipinski definition) is 1. The third-order valence-corrected chi connectivity index (χ3v) is 4.77. The van der Waals surface area contributed by atoms with Gasteiger partial charge in [0, 0.05) is 19.0 Å². The first kappa shape index (κ1) is 12.7. The molecule has 1 aliphatic heterocycles. The number of likely N-dealkylation sites (tertiary alicyclic amines) is 1. The van der Waals surface area contributed by atoms with Gasteiger partial charge in [-0.15, -0.1) is 0 Å². The summed E-state index contributed by atoms with van der Waals surface area (Å²) in [6, 6.07) is 8.06. The molecule has 0 bridgehead atoms. The summed E-state index contributed by atoms with van der Waals surface area (Å²) in [5.41, 5.74) is 2.29. The molecule has 1 N–H and O–H groups in total. The number of hydrogen-bond acceptors (Lipinski definition) is 2. The van der Waals surface area contributed by atoms with Crippen molar-refractivity contribution in [3.8, 4) is 0 Å².